The summed E-state index contributed by atoms with van der Waals surface area (Å²) in [5.74, 6) is 0. The first-order valence-electron chi connectivity index (χ1n) is 6.13. The molecule has 2 unspecified atom stereocenters. The summed E-state index contributed by atoms with van der Waals surface area (Å²) >= 11 is 5.27. The van der Waals surface area contributed by atoms with E-state index in [-0.39, 0.29) is 17.9 Å². The standard InChI is InChI=1S/C12H22BrN3OS/c1-5-16-10(12(13)9(3)15-16)6-14-8(2)11(7-17)18-4/h8,11,14,17H,5-7H2,1-4H3. The molecule has 1 rings (SSSR count). The summed E-state index contributed by atoms with van der Waals surface area (Å²) in [5, 5.41) is 17.4. The lowest BCUT2D eigenvalue weighted by atomic mass is 10.2. The number of halogens is 1. The van der Waals surface area contributed by atoms with Crippen LogP contribution < -0.4 is 5.32 Å². The maximum absolute atomic E-state index is 9.27. The Hall–Kier alpha value is -0.0400. The first kappa shape index (κ1) is 16.0. The van der Waals surface area contributed by atoms with E-state index in [1.54, 1.807) is 11.8 Å². The highest BCUT2D eigenvalue weighted by Gasteiger charge is 2.17. The number of rotatable bonds is 7. The van der Waals surface area contributed by atoms with Crippen LogP contribution in [0.3, 0.4) is 0 Å². The van der Waals surface area contributed by atoms with Crippen LogP contribution in [0, 0.1) is 6.92 Å². The van der Waals surface area contributed by atoms with Gasteiger partial charge in [-0.15, -0.1) is 0 Å². The van der Waals surface area contributed by atoms with Crippen molar-refractivity contribution in [3.63, 3.8) is 0 Å². The number of aliphatic hydroxyl groups excluding tert-OH is 1. The molecule has 4 nitrogen and oxygen atoms in total. The molecule has 2 N–H and O–H groups in total. The number of nitrogens with zero attached hydrogens (tertiary/aromatic N) is 2. The van der Waals surface area contributed by atoms with Crippen molar-refractivity contribution in [2.45, 2.75) is 45.2 Å². The third kappa shape index (κ3) is 3.73. The van der Waals surface area contributed by atoms with E-state index in [4.69, 9.17) is 0 Å². The number of hydrogen-bond acceptors (Lipinski definition) is 4. The van der Waals surface area contributed by atoms with Crippen LogP contribution in [-0.4, -0.2) is 39.0 Å². The molecule has 0 amide bonds. The van der Waals surface area contributed by atoms with Crippen LogP contribution in [0.25, 0.3) is 0 Å². The lowest BCUT2D eigenvalue weighted by molar-refractivity contribution is 0.275. The number of thioether (sulfide) groups is 1. The van der Waals surface area contributed by atoms with Crippen molar-refractivity contribution in [1.29, 1.82) is 0 Å². The maximum Gasteiger partial charge on any atom is 0.0739 e. The van der Waals surface area contributed by atoms with Gasteiger partial charge >= 0.3 is 0 Å². The fourth-order valence-corrected chi connectivity index (χ4v) is 2.94. The van der Waals surface area contributed by atoms with E-state index in [2.05, 4.69) is 40.2 Å². The Morgan fingerprint density at radius 1 is 1.56 bits per heavy atom. The molecule has 0 bridgehead atoms. The number of hydrogen-bond donors (Lipinski definition) is 2. The Bertz CT molecular complexity index is 380. The molecule has 0 aliphatic heterocycles. The summed E-state index contributed by atoms with van der Waals surface area (Å²) in [6.45, 7) is 8.01. The van der Waals surface area contributed by atoms with Gasteiger partial charge in [0.25, 0.3) is 0 Å². The number of aromatic nitrogens is 2. The molecule has 1 aromatic rings. The van der Waals surface area contributed by atoms with Crippen molar-refractivity contribution < 1.29 is 5.11 Å². The first-order valence-corrected chi connectivity index (χ1v) is 8.22. The average molecular weight is 336 g/mol. The molecular weight excluding hydrogens is 314 g/mol. The molecule has 0 fully saturated rings. The van der Waals surface area contributed by atoms with Crippen molar-refractivity contribution in [2.24, 2.45) is 0 Å². The molecule has 1 heterocycles. The molecule has 0 aromatic carbocycles. The van der Waals surface area contributed by atoms with Crippen LogP contribution >= 0.6 is 27.7 Å². The van der Waals surface area contributed by atoms with Crippen LogP contribution in [0.15, 0.2) is 4.47 Å². The predicted octanol–water partition coefficient (Wildman–Crippen LogP) is 2.18. The molecule has 0 spiro atoms. The summed E-state index contributed by atoms with van der Waals surface area (Å²) in [6.07, 6.45) is 2.02. The lowest BCUT2D eigenvalue weighted by Crippen LogP contribution is -2.37. The fourth-order valence-electron chi connectivity index (χ4n) is 1.86. The van der Waals surface area contributed by atoms with Crippen molar-refractivity contribution >= 4 is 27.7 Å². The third-order valence-electron chi connectivity index (χ3n) is 3.08. The molecular formula is C12H22BrN3OS. The molecule has 1 aromatic heterocycles. The van der Waals surface area contributed by atoms with Crippen molar-refractivity contribution in [3.8, 4) is 0 Å². The van der Waals surface area contributed by atoms with Gasteiger partial charge in [0.15, 0.2) is 0 Å². The highest BCUT2D eigenvalue weighted by atomic mass is 79.9. The number of aliphatic hydroxyl groups is 1. The quantitative estimate of drug-likeness (QED) is 0.801. The second-order valence-electron chi connectivity index (χ2n) is 4.29. The van der Waals surface area contributed by atoms with E-state index in [0.29, 0.717) is 0 Å². The van der Waals surface area contributed by atoms with Gasteiger partial charge in [-0.1, -0.05) is 0 Å². The molecule has 0 radical (unpaired) electrons. The van der Waals surface area contributed by atoms with Crippen LogP contribution in [0.2, 0.25) is 0 Å². The van der Waals surface area contributed by atoms with Crippen molar-refractivity contribution in [3.05, 3.63) is 15.9 Å². The van der Waals surface area contributed by atoms with Gasteiger partial charge in [-0.2, -0.15) is 16.9 Å². The molecule has 0 aliphatic carbocycles. The Morgan fingerprint density at radius 3 is 2.72 bits per heavy atom. The predicted molar refractivity (Wildman–Crippen MR) is 81.0 cm³/mol. The van der Waals surface area contributed by atoms with Crippen molar-refractivity contribution in [2.75, 3.05) is 12.9 Å². The van der Waals surface area contributed by atoms with E-state index in [1.165, 1.54) is 5.69 Å². The van der Waals surface area contributed by atoms with Gasteiger partial charge in [0.2, 0.25) is 0 Å². The van der Waals surface area contributed by atoms with E-state index in [9.17, 15) is 5.11 Å². The van der Waals surface area contributed by atoms with Gasteiger partial charge in [0.05, 0.1) is 22.5 Å². The smallest absolute Gasteiger partial charge is 0.0739 e. The van der Waals surface area contributed by atoms with Crippen LogP contribution in [0.5, 0.6) is 0 Å². The summed E-state index contributed by atoms with van der Waals surface area (Å²) < 4.78 is 3.08. The zero-order valence-electron chi connectivity index (χ0n) is 11.4. The normalized spacial score (nSPS) is 14.8. The third-order valence-corrected chi connectivity index (χ3v) is 5.28. The topological polar surface area (TPSA) is 50.1 Å². The molecule has 0 saturated carbocycles. The average Bonchev–Trinajstić information content (AvgIpc) is 2.64. The zero-order valence-corrected chi connectivity index (χ0v) is 13.8. The highest BCUT2D eigenvalue weighted by Crippen LogP contribution is 2.21. The zero-order chi connectivity index (χ0) is 13.7. The van der Waals surface area contributed by atoms with Crippen LogP contribution in [0.1, 0.15) is 25.2 Å². The van der Waals surface area contributed by atoms with Gasteiger partial charge < -0.3 is 10.4 Å². The molecule has 18 heavy (non-hydrogen) atoms. The van der Waals surface area contributed by atoms with E-state index < -0.39 is 0 Å². The highest BCUT2D eigenvalue weighted by molar-refractivity contribution is 9.10. The largest absolute Gasteiger partial charge is 0.395 e. The van der Waals surface area contributed by atoms with Crippen molar-refractivity contribution in [1.82, 2.24) is 15.1 Å². The monoisotopic (exact) mass is 335 g/mol. The minimum absolute atomic E-state index is 0.197. The molecule has 0 aliphatic rings. The molecule has 0 saturated heterocycles. The molecule has 104 valence electrons. The van der Waals surface area contributed by atoms with Gasteiger partial charge in [0.1, 0.15) is 0 Å². The minimum atomic E-state index is 0.197. The van der Waals surface area contributed by atoms with Crippen LogP contribution in [-0.2, 0) is 13.1 Å². The molecule has 6 heteroatoms. The van der Waals surface area contributed by atoms with Gasteiger partial charge in [-0.3, -0.25) is 4.68 Å². The first-order chi connectivity index (χ1) is 8.54. The Balaban J connectivity index is 2.68. The summed E-state index contributed by atoms with van der Waals surface area (Å²) in [4.78, 5) is 0. The second kappa shape index (κ2) is 7.53. The molecule has 2 atom stereocenters. The SMILES string of the molecule is CCn1nc(C)c(Br)c1CNC(C)C(CO)SC. The van der Waals surface area contributed by atoms with Gasteiger partial charge in [-0.05, 0) is 43.0 Å². The Morgan fingerprint density at radius 2 is 2.22 bits per heavy atom. The summed E-state index contributed by atoms with van der Waals surface area (Å²) in [6, 6.07) is 0.261. The Kier molecular flexibility index (Phi) is 6.70. The maximum atomic E-state index is 9.27. The van der Waals surface area contributed by atoms with Gasteiger partial charge in [-0.25, -0.2) is 0 Å². The van der Waals surface area contributed by atoms with Crippen LogP contribution in [0.4, 0.5) is 0 Å². The summed E-state index contributed by atoms with van der Waals surface area (Å²) in [5.41, 5.74) is 2.18. The lowest BCUT2D eigenvalue weighted by Gasteiger charge is -2.21. The summed E-state index contributed by atoms with van der Waals surface area (Å²) in [7, 11) is 0. The Labute approximate surface area is 122 Å². The minimum Gasteiger partial charge on any atom is -0.395 e. The number of nitrogens with one attached hydrogen (secondary N) is 1. The second-order valence-corrected chi connectivity index (χ2v) is 6.16. The van der Waals surface area contributed by atoms with E-state index in [1.807, 2.05) is 17.9 Å². The van der Waals surface area contributed by atoms with E-state index in [0.717, 1.165) is 23.3 Å². The van der Waals surface area contributed by atoms with E-state index >= 15 is 0 Å². The fraction of sp³-hybridized carbons (Fsp3) is 0.750. The number of aryl methyl sites for hydroxylation is 2. The van der Waals surface area contributed by atoms with Gasteiger partial charge in [0, 0.05) is 24.4 Å².